The van der Waals surface area contributed by atoms with Crippen LogP contribution in [0.25, 0.3) is 0 Å². The van der Waals surface area contributed by atoms with Crippen LogP contribution in [0.4, 0.5) is 0 Å². The number of piperidine rings is 1. The smallest absolute Gasteiger partial charge is 0.309 e. The van der Waals surface area contributed by atoms with Gasteiger partial charge in [-0.25, -0.2) is 0 Å². The summed E-state index contributed by atoms with van der Waals surface area (Å²) in [6.07, 6.45) is 7.08. The molecule has 2 fully saturated rings. The largest absolute Gasteiger partial charge is 0.466 e. The maximum absolute atomic E-state index is 11.9. The third-order valence-electron chi connectivity index (χ3n) is 6.97. The van der Waals surface area contributed by atoms with E-state index >= 15 is 0 Å². The molecule has 0 N–H and O–H groups in total. The second-order valence-electron chi connectivity index (χ2n) is 9.81. The molecule has 0 radical (unpaired) electrons. The first-order valence-corrected chi connectivity index (χ1v) is 13.6. The number of nitrogens with zero attached hydrogens (tertiary/aromatic N) is 1. The van der Waals surface area contributed by atoms with Crippen LogP contribution in [-0.2, 0) is 14.0 Å². The molecule has 0 unspecified atom stereocenters. The van der Waals surface area contributed by atoms with Crippen LogP contribution in [0.3, 0.4) is 0 Å². The molecule has 1 heterocycles. The quantitative estimate of drug-likeness (QED) is 0.486. The van der Waals surface area contributed by atoms with Crippen molar-refractivity contribution in [3.8, 4) is 0 Å². The number of likely N-dealkylation sites (tertiary alicyclic amines) is 1. The molecule has 0 aromatic heterocycles. The molecule has 5 heteroatoms. The average molecular weight is 384 g/mol. The highest BCUT2D eigenvalue weighted by Gasteiger charge is 2.38. The molecule has 0 amide bonds. The fourth-order valence-electron chi connectivity index (χ4n) is 3.98. The maximum atomic E-state index is 11.9. The zero-order chi connectivity index (χ0) is 19.4. The van der Waals surface area contributed by atoms with Gasteiger partial charge >= 0.3 is 5.97 Å². The van der Waals surface area contributed by atoms with Gasteiger partial charge in [0.2, 0.25) is 0 Å². The van der Waals surface area contributed by atoms with E-state index < -0.39 is 8.32 Å². The molecule has 0 bridgehead atoms. The van der Waals surface area contributed by atoms with Crippen molar-refractivity contribution in [1.29, 1.82) is 0 Å². The molecule has 0 aromatic rings. The van der Waals surface area contributed by atoms with E-state index in [0.29, 0.717) is 17.7 Å². The Balaban J connectivity index is 1.70. The fourth-order valence-corrected chi connectivity index (χ4v) is 5.07. The molecule has 1 aliphatic carbocycles. The summed E-state index contributed by atoms with van der Waals surface area (Å²) in [6, 6.07) is 0.710. The number of carbonyl (C=O) groups is 1. The van der Waals surface area contributed by atoms with Gasteiger partial charge in [0.25, 0.3) is 0 Å². The molecule has 2 aliphatic rings. The third kappa shape index (κ3) is 5.80. The first-order chi connectivity index (χ1) is 12.1. The van der Waals surface area contributed by atoms with Gasteiger partial charge in [-0.1, -0.05) is 20.8 Å². The predicted molar refractivity (Wildman–Crippen MR) is 110 cm³/mol. The normalized spacial score (nSPS) is 26.7. The Labute approximate surface area is 162 Å². The van der Waals surface area contributed by atoms with Crippen LogP contribution in [0.2, 0.25) is 18.1 Å². The topological polar surface area (TPSA) is 38.8 Å². The SMILES string of the molecule is CCOC(=O)C1CCN(C2CCC(CO[Si](C)(C)C(C)(C)C)CC2)CC1. The minimum Gasteiger partial charge on any atom is -0.466 e. The summed E-state index contributed by atoms with van der Waals surface area (Å²) in [7, 11) is -1.62. The Morgan fingerprint density at radius 2 is 1.62 bits per heavy atom. The summed E-state index contributed by atoms with van der Waals surface area (Å²) in [5, 5.41) is 0.299. The summed E-state index contributed by atoms with van der Waals surface area (Å²) in [5.41, 5.74) is 0. The van der Waals surface area contributed by atoms with Crippen LogP contribution in [-0.4, -0.2) is 51.5 Å². The van der Waals surface area contributed by atoms with E-state index in [1.54, 1.807) is 0 Å². The molecule has 4 nitrogen and oxygen atoms in total. The average Bonchev–Trinajstić information content (AvgIpc) is 2.60. The number of ether oxygens (including phenoxy) is 1. The van der Waals surface area contributed by atoms with Crippen molar-refractivity contribution in [1.82, 2.24) is 4.90 Å². The molecular formula is C21H41NO3Si. The number of hydrogen-bond acceptors (Lipinski definition) is 4. The Morgan fingerprint density at radius 1 is 1.04 bits per heavy atom. The van der Waals surface area contributed by atoms with Crippen molar-refractivity contribution < 1.29 is 14.0 Å². The molecule has 2 rings (SSSR count). The number of esters is 1. The van der Waals surface area contributed by atoms with E-state index in [1.807, 2.05) is 6.92 Å². The van der Waals surface area contributed by atoms with Crippen molar-refractivity contribution >= 4 is 14.3 Å². The van der Waals surface area contributed by atoms with Crippen LogP contribution >= 0.6 is 0 Å². The van der Waals surface area contributed by atoms with Gasteiger partial charge in [0.15, 0.2) is 8.32 Å². The van der Waals surface area contributed by atoms with Crippen LogP contribution in [0.15, 0.2) is 0 Å². The minimum atomic E-state index is -1.62. The molecular weight excluding hydrogens is 342 g/mol. The third-order valence-corrected chi connectivity index (χ3v) is 11.5. The monoisotopic (exact) mass is 383 g/mol. The molecule has 152 valence electrons. The maximum Gasteiger partial charge on any atom is 0.309 e. The van der Waals surface area contributed by atoms with Crippen LogP contribution in [0, 0.1) is 11.8 Å². The van der Waals surface area contributed by atoms with E-state index in [2.05, 4.69) is 38.8 Å². The fraction of sp³-hybridized carbons (Fsp3) is 0.952. The lowest BCUT2D eigenvalue weighted by Crippen LogP contribution is -2.45. The van der Waals surface area contributed by atoms with Gasteiger partial charge in [0.05, 0.1) is 12.5 Å². The van der Waals surface area contributed by atoms with Crippen molar-refractivity contribution in [3.63, 3.8) is 0 Å². The highest BCUT2D eigenvalue weighted by Crippen LogP contribution is 2.38. The number of rotatable bonds is 6. The van der Waals surface area contributed by atoms with Crippen LogP contribution in [0.1, 0.15) is 66.2 Å². The van der Waals surface area contributed by atoms with Gasteiger partial charge in [-0.3, -0.25) is 4.79 Å². The Bertz CT molecular complexity index is 445. The standard InChI is InChI=1S/C21H41NO3Si/c1-7-24-20(23)18-12-14-22(15-13-18)19-10-8-17(9-11-19)16-25-26(5,6)21(2,3)4/h17-19H,7-16H2,1-6H3. The van der Waals surface area contributed by atoms with Crippen LogP contribution in [0.5, 0.6) is 0 Å². The molecule has 0 aromatic carbocycles. The second-order valence-corrected chi connectivity index (χ2v) is 14.6. The number of carbonyl (C=O) groups excluding carboxylic acids is 1. The van der Waals surface area contributed by atoms with Crippen molar-refractivity contribution in [3.05, 3.63) is 0 Å². The van der Waals surface area contributed by atoms with Crippen molar-refractivity contribution in [2.45, 2.75) is 90.4 Å². The molecule has 0 atom stereocenters. The van der Waals surface area contributed by atoms with E-state index in [-0.39, 0.29) is 11.9 Å². The minimum absolute atomic E-state index is 0.0126. The van der Waals surface area contributed by atoms with Crippen molar-refractivity contribution in [2.75, 3.05) is 26.3 Å². The lowest BCUT2D eigenvalue weighted by atomic mass is 9.84. The lowest BCUT2D eigenvalue weighted by molar-refractivity contribution is -0.149. The summed E-state index contributed by atoms with van der Waals surface area (Å²) in [5.74, 6) is 0.872. The van der Waals surface area contributed by atoms with Crippen LogP contribution < -0.4 is 0 Å². The van der Waals surface area contributed by atoms with E-state index in [0.717, 1.165) is 38.5 Å². The summed E-state index contributed by atoms with van der Waals surface area (Å²) < 4.78 is 11.6. The van der Waals surface area contributed by atoms with Gasteiger partial charge in [0.1, 0.15) is 0 Å². The molecule has 26 heavy (non-hydrogen) atoms. The predicted octanol–water partition coefficient (Wildman–Crippen LogP) is 4.84. The zero-order valence-corrected chi connectivity index (χ0v) is 19.0. The molecule has 1 saturated carbocycles. The van der Waals surface area contributed by atoms with Gasteiger partial charge in [0, 0.05) is 12.6 Å². The highest BCUT2D eigenvalue weighted by atomic mass is 28.4. The van der Waals surface area contributed by atoms with Crippen molar-refractivity contribution in [2.24, 2.45) is 11.8 Å². The van der Waals surface area contributed by atoms with Gasteiger partial charge in [-0.15, -0.1) is 0 Å². The van der Waals surface area contributed by atoms with Gasteiger partial charge < -0.3 is 14.1 Å². The van der Waals surface area contributed by atoms with Gasteiger partial charge in [-0.2, -0.15) is 0 Å². The highest BCUT2D eigenvalue weighted by molar-refractivity contribution is 6.74. The summed E-state index contributed by atoms with van der Waals surface area (Å²) >= 11 is 0. The molecule has 1 aliphatic heterocycles. The zero-order valence-electron chi connectivity index (χ0n) is 18.0. The molecule has 0 spiro atoms. The Hall–Kier alpha value is -0.393. The molecule has 1 saturated heterocycles. The van der Waals surface area contributed by atoms with Gasteiger partial charge in [-0.05, 0) is 82.6 Å². The number of hydrogen-bond donors (Lipinski definition) is 0. The first-order valence-electron chi connectivity index (χ1n) is 10.7. The Morgan fingerprint density at radius 3 is 2.12 bits per heavy atom. The summed E-state index contributed by atoms with van der Waals surface area (Å²) in [6.45, 7) is 17.1. The van der Waals surface area contributed by atoms with E-state index in [1.165, 1.54) is 25.7 Å². The second kappa shape index (κ2) is 9.20. The first kappa shape index (κ1) is 21.9. The van der Waals surface area contributed by atoms with E-state index in [4.69, 9.17) is 9.16 Å². The lowest BCUT2D eigenvalue weighted by Gasteiger charge is -2.41. The Kier molecular flexibility index (Phi) is 7.75. The summed E-state index contributed by atoms with van der Waals surface area (Å²) in [4.78, 5) is 14.5. The van der Waals surface area contributed by atoms with E-state index in [9.17, 15) is 4.79 Å².